The molecule has 0 bridgehead atoms. The first-order chi connectivity index (χ1) is 49.2. The molecule has 3 N–H and O–H groups in total. The molecule has 0 rings (SSSR count). The molecular weight excluding hydrogens is 1330 g/mol. The molecule has 0 amide bonds. The minimum absolute atomic E-state index is 0.106. The smallest absolute Gasteiger partial charge is 0.462 e. The third-order valence-corrected chi connectivity index (χ3v) is 21.9. The van der Waals surface area contributed by atoms with Crippen molar-refractivity contribution in [2.24, 2.45) is 23.7 Å². The molecule has 0 aliphatic rings. The van der Waals surface area contributed by atoms with Gasteiger partial charge in [0.15, 0.2) is 12.2 Å². The van der Waals surface area contributed by atoms with Crippen LogP contribution in [0.4, 0.5) is 0 Å². The van der Waals surface area contributed by atoms with E-state index in [4.69, 9.17) is 37.0 Å². The number of ether oxygens (including phenoxy) is 4. The Morgan fingerprint density at radius 2 is 0.471 bits per heavy atom. The Morgan fingerprint density at radius 1 is 0.275 bits per heavy atom. The van der Waals surface area contributed by atoms with Crippen LogP contribution >= 0.6 is 15.6 Å². The molecule has 0 saturated carbocycles. The topological polar surface area (TPSA) is 237 Å². The maximum absolute atomic E-state index is 13.1. The number of hydrogen-bond donors (Lipinski definition) is 3. The first-order valence-corrected chi connectivity index (χ1v) is 45.8. The second kappa shape index (κ2) is 72.0. The van der Waals surface area contributed by atoms with Gasteiger partial charge in [0.1, 0.15) is 19.3 Å². The van der Waals surface area contributed by atoms with E-state index in [2.05, 4.69) is 55.4 Å². The highest BCUT2D eigenvalue weighted by Crippen LogP contribution is 2.45. The molecule has 17 nitrogen and oxygen atoms in total. The van der Waals surface area contributed by atoms with Crippen molar-refractivity contribution in [1.82, 2.24) is 0 Å². The number of hydrogen-bond acceptors (Lipinski definition) is 15. The van der Waals surface area contributed by atoms with Gasteiger partial charge in [-0.05, 0) is 49.4 Å². The highest BCUT2D eigenvalue weighted by atomic mass is 31.2. The molecule has 0 aromatic heterocycles. The zero-order valence-electron chi connectivity index (χ0n) is 67.2. The quantitative estimate of drug-likeness (QED) is 0.0222. The first-order valence-electron chi connectivity index (χ1n) is 42.8. The van der Waals surface area contributed by atoms with Crippen molar-refractivity contribution < 1.29 is 80.2 Å². The zero-order valence-corrected chi connectivity index (χ0v) is 69.0. The molecule has 5 unspecified atom stereocenters. The van der Waals surface area contributed by atoms with Gasteiger partial charge in [-0.2, -0.15) is 0 Å². The molecule has 0 saturated heterocycles. The van der Waals surface area contributed by atoms with Crippen LogP contribution in [0.1, 0.15) is 428 Å². The lowest BCUT2D eigenvalue weighted by molar-refractivity contribution is -0.161. The van der Waals surface area contributed by atoms with E-state index >= 15 is 0 Å². The van der Waals surface area contributed by atoms with Gasteiger partial charge in [-0.25, -0.2) is 9.13 Å². The first kappa shape index (κ1) is 100. The second-order valence-corrected chi connectivity index (χ2v) is 34.2. The van der Waals surface area contributed by atoms with Crippen molar-refractivity contribution in [3.8, 4) is 0 Å². The van der Waals surface area contributed by atoms with E-state index in [0.29, 0.717) is 31.6 Å². The third kappa shape index (κ3) is 73.6. The van der Waals surface area contributed by atoms with E-state index < -0.39 is 97.5 Å². The summed E-state index contributed by atoms with van der Waals surface area (Å²) in [4.78, 5) is 73.1. The Labute approximate surface area is 626 Å². The van der Waals surface area contributed by atoms with Gasteiger partial charge >= 0.3 is 39.5 Å². The van der Waals surface area contributed by atoms with Gasteiger partial charge < -0.3 is 33.8 Å². The SMILES string of the molecule is CCC(C)CCCCCCCCCCCCCCCCCCCCC(=O)O[C@H](COC(=O)CCCCCCCCCC(C)C)COP(=O)(O)OCC(O)COP(=O)(O)OC[C@@H](COC(=O)CCCCCCCCCCCCCCCC(C)C)OC(=O)CCCCCCCCCCCCC(C)CC. The maximum atomic E-state index is 13.1. The molecule has 0 spiro atoms. The fraction of sp³-hybridized carbons (Fsp3) is 0.952. The van der Waals surface area contributed by atoms with Crippen LogP contribution < -0.4 is 0 Å². The van der Waals surface area contributed by atoms with Gasteiger partial charge in [-0.3, -0.25) is 37.3 Å². The minimum Gasteiger partial charge on any atom is -0.462 e. The fourth-order valence-corrected chi connectivity index (χ4v) is 14.3. The Balaban J connectivity index is 5.20. The Bertz CT molecular complexity index is 1990. The molecule has 0 aliphatic heterocycles. The molecule has 0 radical (unpaired) electrons. The van der Waals surface area contributed by atoms with Crippen LogP contribution in [0.15, 0.2) is 0 Å². The molecule has 0 heterocycles. The van der Waals surface area contributed by atoms with Crippen molar-refractivity contribution in [1.29, 1.82) is 0 Å². The van der Waals surface area contributed by atoms with Crippen molar-refractivity contribution >= 4 is 39.5 Å². The lowest BCUT2D eigenvalue weighted by Gasteiger charge is -2.21. The summed E-state index contributed by atoms with van der Waals surface area (Å²) < 4.78 is 68.8. The van der Waals surface area contributed by atoms with Gasteiger partial charge in [0.2, 0.25) is 0 Å². The predicted octanol–water partition coefficient (Wildman–Crippen LogP) is 24.8. The average molecular weight is 1490 g/mol. The summed E-state index contributed by atoms with van der Waals surface area (Å²) in [5.41, 5.74) is 0. The molecule has 102 heavy (non-hydrogen) atoms. The lowest BCUT2D eigenvalue weighted by Crippen LogP contribution is -2.30. The van der Waals surface area contributed by atoms with Crippen LogP contribution in [-0.4, -0.2) is 96.7 Å². The Hall–Kier alpha value is -1.94. The maximum Gasteiger partial charge on any atom is 0.472 e. The van der Waals surface area contributed by atoms with E-state index in [9.17, 15) is 43.2 Å². The summed E-state index contributed by atoms with van der Waals surface area (Å²) in [5, 5.41) is 10.7. The van der Waals surface area contributed by atoms with E-state index in [1.165, 1.54) is 225 Å². The van der Waals surface area contributed by atoms with Gasteiger partial charge in [0, 0.05) is 25.7 Å². The Morgan fingerprint density at radius 3 is 0.696 bits per heavy atom. The van der Waals surface area contributed by atoms with Crippen molar-refractivity contribution in [2.75, 3.05) is 39.6 Å². The summed E-state index contributed by atoms with van der Waals surface area (Å²) in [6.45, 7) is 14.3. The molecule has 606 valence electrons. The number of esters is 4. The molecule has 7 atom stereocenters. The van der Waals surface area contributed by atoms with Gasteiger partial charge in [0.05, 0.1) is 26.4 Å². The predicted molar refractivity (Wildman–Crippen MR) is 418 cm³/mol. The van der Waals surface area contributed by atoms with Crippen LogP contribution in [0, 0.1) is 23.7 Å². The second-order valence-electron chi connectivity index (χ2n) is 31.3. The monoisotopic (exact) mass is 1490 g/mol. The number of carbonyl (C=O) groups excluding carboxylic acids is 4. The van der Waals surface area contributed by atoms with E-state index in [-0.39, 0.29) is 25.7 Å². The molecule has 0 aliphatic carbocycles. The molecule has 0 fully saturated rings. The van der Waals surface area contributed by atoms with Gasteiger partial charge in [-0.15, -0.1) is 0 Å². The van der Waals surface area contributed by atoms with Crippen LogP contribution in [0.2, 0.25) is 0 Å². The summed E-state index contributed by atoms with van der Waals surface area (Å²) in [5.74, 6) is 1.06. The van der Waals surface area contributed by atoms with E-state index in [1.54, 1.807) is 0 Å². The van der Waals surface area contributed by atoms with Gasteiger partial charge in [-0.1, -0.05) is 376 Å². The number of unbranched alkanes of at least 4 members (excludes halogenated alkanes) is 44. The number of rotatable bonds is 80. The number of phosphoric acid groups is 2. The van der Waals surface area contributed by atoms with Crippen LogP contribution in [0.5, 0.6) is 0 Å². The highest BCUT2D eigenvalue weighted by Gasteiger charge is 2.30. The number of carbonyl (C=O) groups is 4. The van der Waals surface area contributed by atoms with Gasteiger partial charge in [0.25, 0.3) is 0 Å². The number of aliphatic hydroxyl groups is 1. The van der Waals surface area contributed by atoms with Crippen LogP contribution in [0.25, 0.3) is 0 Å². The highest BCUT2D eigenvalue weighted by molar-refractivity contribution is 7.47. The van der Waals surface area contributed by atoms with Crippen LogP contribution in [0.3, 0.4) is 0 Å². The molecule has 0 aromatic rings. The Kier molecular flexibility index (Phi) is 70.6. The lowest BCUT2D eigenvalue weighted by atomic mass is 9.99. The zero-order chi connectivity index (χ0) is 75.3. The van der Waals surface area contributed by atoms with Crippen molar-refractivity contribution in [3.63, 3.8) is 0 Å². The normalized spacial score (nSPS) is 14.5. The standard InChI is InChI=1S/C83H162O17P2/c1-9-75(7)61-53-45-37-29-23-19-15-13-11-12-14-16-20-25-32-40-49-57-65-82(87)100-79(70-94-81(86)64-56-48-42-34-36-44-52-60-74(5)6)72-98-102(91,92)96-68-77(84)67-95-101(89,90)97-71-78(99-83(88)66-58-50-41-33-27-26-30-38-46-54-62-76(8)10-2)69-93-80(85)63-55-47-39-31-24-21-17-18-22-28-35-43-51-59-73(3)4/h73-79,84H,9-72H2,1-8H3,(H,89,90)(H,91,92)/t75?,76?,77?,78-,79-/m1/s1. The largest absolute Gasteiger partial charge is 0.472 e. The third-order valence-electron chi connectivity index (χ3n) is 20.0. The van der Waals surface area contributed by atoms with Crippen molar-refractivity contribution in [3.05, 3.63) is 0 Å². The number of phosphoric ester groups is 2. The molecule has 0 aromatic carbocycles. The minimum atomic E-state index is -4.96. The van der Waals surface area contributed by atoms with E-state index in [0.717, 1.165) is 114 Å². The average Bonchev–Trinajstić information content (AvgIpc) is 0.909. The fourth-order valence-electron chi connectivity index (χ4n) is 12.7. The van der Waals surface area contributed by atoms with Crippen molar-refractivity contribution in [2.45, 2.75) is 446 Å². The number of aliphatic hydroxyl groups excluding tert-OH is 1. The van der Waals surface area contributed by atoms with E-state index in [1.807, 2.05) is 0 Å². The summed E-state index contributed by atoms with van der Waals surface area (Å²) in [6.07, 6.45) is 59.7. The molecule has 19 heteroatoms. The summed E-state index contributed by atoms with van der Waals surface area (Å²) in [7, 11) is -9.92. The summed E-state index contributed by atoms with van der Waals surface area (Å²) in [6, 6.07) is 0. The summed E-state index contributed by atoms with van der Waals surface area (Å²) >= 11 is 0. The molecular formula is C83H162O17P2. The van der Waals surface area contributed by atoms with Crippen LogP contribution in [-0.2, 0) is 65.4 Å².